The first-order chi connectivity index (χ1) is 13.2. The van der Waals surface area contributed by atoms with Gasteiger partial charge in [-0.15, -0.1) is 0 Å². The summed E-state index contributed by atoms with van der Waals surface area (Å²) < 4.78 is 11.3. The van der Waals surface area contributed by atoms with Crippen LogP contribution in [0.25, 0.3) is 10.9 Å². The molecule has 6 heteroatoms. The third-order valence-electron chi connectivity index (χ3n) is 5.24. The molecular formula is C21H26N4OS. The topological polar surface area (TPSA) is 43.5 Å². The van der Waals surface area contributed by atoms with Gasteiger partial charge in [0, 0.05) is 24.2 Å². The van der Waals surface area contributed by atoms with Crippen LogP contribution in [-0.4, -0.2) is 36.6 Å². The number of nitrogens with zero attached hydrogens (tertiary/aromatic N) is 2. The molecule has 0 spiro atoms. The predicted octanol–water partition coefficient (Wildman–Crippen LogP) is 5.19. The minimum atomic E-state index is 0.876. The van der Waals surface area contributed by atoms with Crippen LogP contribution in [0.5, 0.6) is 5.75 Å². The number of methoxy groups -OCH3 is 1. The lowest BCUT2D eigenvalue weighted by atomic mass is 10.1. The summed E-state index contributed by atoms with van der Waals surface area (Å²) in [5.41, 5.74) is 5.83. The molecule has 5 nitrogen and oxygen atoms in total. The van der Waals surface area contributed by atoms with Crippen LogP contribution in [0.1, 0.15) is 19.4 Å². The lowest BCUT2D eigenvalue weighted by molar-refractivity contribution is 0.308. The van der Waals surface area contributed by atoms with Crippen LogP contribution in [0.4, 0.5) is 17.1 Å². The van der Waals surface area contributed by atoms with Crippen molar-refractivity contribution in [1.29, 1.82) is 0 Å². The van der Waals surface area contributed by atoms with Crippen molar-refractivity contribution in [2.75, 3.05) is 35.8 Å². The largest absolute Gasteiger partial charge is 0.494 e. The molecule has 0 fully saturated rings. The molecule has 0 saturated carbocycles. The second-order valence-electron chi connectivity index (χ2n) is 6.67. The van der Waals surface area contributed by atoms with Gasteiger partial charge >= 0.3 is 0 Å². The van der Waals surface area contributed by atoms with Crippen molar-refractivity contribution in [3.63, 3.8) is 0 Å². The summed E-state index contributed by atoms with van der Waals surface area (Å²) in [5.74, 6) is 0.876. The number of benzene rings is 2. The van der Waals surface area contributed by atoms with E-state index in [1.807, 2.05) is 0 Å². The summed E-state index contributed by atoms with van der Waals surface area (Å²) in [7, 11) is 1.73. The van der Waals surface area contributed by atoms with Gasteiger partial charge in [-0.25, -0.2) is 0 Å². The lowest BCUT2D eigenvalue weighted by Crippen LogP contribution is -2.25. The van der Waals surface area contributed by atoms with E-state index in [2.05, 4.69) is 75.4 Å². The summed E-state index contributed by atoms with van der Waals surface area (Å²) in [6.07, 6.45) is 3.15. The number of rotatable bonds is 7. The molecule has 1 aliphatic heterocycles. The molecule has 1 aromatic heterocycles. The number of nitrogens with one attached hydrogen (secondary N) is 2. The van der Waals surface area contributed by atoms with E-state index in [0.29, 0.717) is 0 Å². The highest BCUT2D eigenvalue weighted by atomic mass is 32.2. The number of aromatic nitrogens is 1. The van der Waals surface area contributed by atoms with Gasteiger partial charge in [0.15, 0.2) is 0 Å². The Morgan fingerprint density at radius 3 is 2.74 bits per heavy atom. The van der Waals surface area contributed by atoms with Gasteiger partial charge in [0.1, 0.15) is 5.75 Å². The van der Waals surface area contributed by atoms with Crippen LogP contribution >= 0.6 is 12.1 Å². The van der Waals surface area contributed by atoms with Gasteiger partial charge in [-0.2, -0.15) is 0 Å². The number of hydrogen-bond donors (Lipinski definition) is 2. The molecule has 0 saturated heterocycles. The Kier molecular flexibility index (Phi) is 5.18. The summed E-state index contributed by atoms with van der Waals surface area (Å²) in [4.78, 5) is 5.87. The number of para-hydroxylation sites is 2. The maximum atomic E-state index is 5.70. The average Bonchev–Trinajstić information content (AvgIpc) is 3.32. The van der Waals surface area contributed by atoms with Crippen LogP contribution in [0.2, 0.25) is 0 Å². The zero-order valence-corrected chi connectivity index (χ0v) is 16.9. The fourth-order valence-corrected chi connectivity index (χ4v) is 4.45. The normalized spacial score (nSPS) is 13.3. The Labute approximate surface area is 165 Å². The summed E-state index contributed by atoms with van der Waals surface area (Å²) in [6.45, 7) is 7.67. The number of aromatic amines is 1. The highest BCUT2D eigenvalue weighted by Gasteiger charge is 2.23. The Bertz CT molecular complexity index is 935. The fourth-order valence-electron chi connectivity index (χ4n) is 3.62. The van der Waals surface area contributed by atoms with E-state index in [4.69, 9.17) is 4.74 Å². The van der Waals surface area contributed by atoms with Crippen molar-refractivity contribution in [2.45, 2.75) is 20.3 Å². The van der Waals surface area contributed by atoms with E-state index in [-0.39, 0.29) is 0 Å². The number of fused-ring (bicyclic) bond motifs is 2. The first-order valence-electron chi connectivity index (χ1n) is 9.47. The van der Waals surface area contributed by atoms with Crippen molar-refractivity contribution in [1.82, 2.24) is 9.88 Å². The summed E-state index contributed by atoms with van der Waals surface area (Å²) in [6, 6.07) is 12.7. The third-order valence-corrected chi connectivity index (χ3v) is 6.14. The molecule has 142 valence electrons. The second kappa shape index (κ2) is 7.74. The van der Waals surface area contributed by atoms with Gasteiger partial charge in [-0.1, -0.05) is 26.0 Å². The smallest absolute Gasteiger partial charge is 0.145 e. The molecule has 0 aliphatic carbocycles. The second-order valence-corrected chi connectivity index (χ2v) is 7.42. The Morgan fingerprint density at radius 2 is 1.96 bits per heavy atom. The molecular weight excluding hydrogens is 356 g/mol. The van der Waals surface area contributed by atoms with Crippen molar-refractivity contribution in [3.8, 4) is 5.75 Å². The molecule has 0 amide bonds. The predicted molar refractivity (Wildman–Crippen MR) is 116 cm³/mol. The first kappa shape index (κ1) is 18.1. The maximum absolute atomic E-state index is 5.70. The molecule has 2 heterocycles. The molecule has 2 N–H and O–H groups in total. The van der Waals surface area contributed by atoms with Crippen molar-refractivity contribution >= 4 is 40.1 Å². The van der Waals surface area contributed by atoms with Crippen LogP contribution in [0.15, 0.2) is 42.6 Å². The van der Waals surface area contributed by atoms with E-state index in [1.54, 1.807) is 19.2 Å². The number of anilines is 3. The monoisotopic (exact) mass is 382 g/mol. The van der Waals surface area contributed by atoms with Gasteiger partial charge in [0.2, 0.25) is 0 Å². The Hall–Kier alpha value is -2.31. The zero-order chi connectivity index (χ0) is 18.8. The fraction of sp³-hybridized carbons (Fsp3) is 0.333. The van der Waals surface area contributed by atoms with Gasteiger partial charge in [0.05, 0.1) is 41.8 Å². The quantitative estimate of drug-likeness (QED) is 0.551. The van der Waals surface area contributed by atoms with E-state index in [1.165, 1.54) is 16.6 Å². The average molecular weight is 383 g/mol. The molecule has 2 aromatic carbocycles. The third kappa shape index (κ3) is 3.35. The van der Waals surface area contributed by atoms with Crippen LogP contribution in [0.3, 0.4) is 0 Å². The molecule has 0 atom stereocenters. The zero-order valence-electron chi connectivity index (χ0n) is 16.1. The minimum Gasteiger partial charge on any atom is -0.494 e. The molecule has 0 bridgehead atoms. The molecule has 0 unspecified atom stereocenters. The highest BCUT2D eigenvalue weighted by Crippen LogP contribution is 2.46. The highest BCUT2D eigenvalue weighted by molar-refractivity contribution is 8.02. The van der Waals surface area contributed by atoms with Crippen molar-refractivity contribution < 1.29 is 4.74 Å². The Morgan fingerprint density at radius 1 is 1.15 bits per heavy atom. The maximum Gasteiger partial charge on any atom is 0.145 e. The van der Waals surface area contributed by atoms with Crippen LogP contribution < -0.4 is 13.8 Å². The van der Waals surface area contributed by atoms with Crippen LogP contribution in [0, 0.1) is 0 Å². The van der Waals surface area contributed by atoms with Gasteiger partial charge in [-0.3, -0.25) is 4.31 Å². The molecule has 3 aromatic rings. The van der Waals surface area contributed by atoms with Crippen molar-refractivity contribution in [2.24, 2.45) is 0 Å². The number of ether oxygens (including phenoxy) is 1. The molecule has 1 aliphatic rings. The summed E-state index contributed by atoms with van der Waals surface area (Å²) in [5, 5.41) is 1.24. The number of likely N-dealkylation sites (N-methyl/N-ethyl adjacent to an activating group) is 1. The first-order valence-corrected chi connectivity index (χ1v) is 10.2. The van der Waals surface area contributed by atoms with E-state index in [9.17, 15) is 0 Å². The van der Waals surface area contributed by atoms with Crippen molar-refractivity contribution in [3.05, 3.63) is 48.2 Å². The van der Waals surface area contributed by atoms with E-state index < -0.39 is 0 Å². The van der Waals surface area contributed by atoms with E-state index in [0.717, 1.165) is 48.7 Å². The minimum absolute atomic E-state index is 0.876. The molecule has 4 rings (SSSR count). The summed E-state index contributed by atoms with van der Waals surface area (Å²) >= 11 is 1.60. The lowest BCUT2D eigenvalue weighted by Gasteiger charge is -2.19. The number of H-pyrrole nitrogens is 1. The SMILES string of the molecule is CCN(CC)CCc1c[nH]c2c(OC)cc(N3SNc4ccccc43)cc12. The molecule has 0 radical (unpaired) electrons. The van der Waals surface area contributed by atoms with Crippen LogP contribution in [-0.2, 0) is 6.42 Å². The standard InChI is InChI=1S/C21H26N4OS/c1-4-24(5-2)11-10-15-14-22-21-17(15)12-16(13-20(21)26-3)25-19-9-7-6-8-18(19)23-27-25/h6-9,12-14,22-23H,4-5,10-11H2,1-3H3. The van der Waals surface area contributed by atoms with Gasteiger partial charge in [-0.05, 0) is 43.3 Å². The number of hydrogen-bond acceptors (Lipinski definition) is 5. The molecule has 27 heavy (non-hydrogen) atoms. The van der Waals surface area contributed by atoms with Gasteiger partial charge < -0.3 is 19.3 Å². The van der Waals surface area contributed by atoms with E-state index >= 15 is 0 Å². The Balaban J connectivity index is 1.71. The van der Waals surface area contributed by atoms with Gasteiger partial charge in [0.25, 0.3) is 0 Å².